The van der Waals surface area contributed by atoms with E-state index in [1.54, 1.807) is 18.7 Å². The normalized spacial score (nSPS) is 15.0. The maximum atomic E-state index is 14.3. The minimum atomic E-state index is -0.602. The van der Waals surface area contributed by atoms with E-state index in [-0.39, 0.29) is 11.9 Å². The van der Waals surface area contributed by atoms with Gasteiger partial charge >= 0.3 is 11.8 Å². The lowest BCUT2D eigenvalue weighted by molar-refractivity contribution is -0.146. The van der Waals surface area contributed by atoms with Crippen LogP contribution in [0.2, 0.25) is 0 Å². The first kappa shape index (κ1) is 17.1. The van der Waals surface area contributed by atoms with Gasteiger partial charge in [-0.15, -0.1) is 0 Å². The number of aryl methyl sites for hydroxylation is 1. The van der Waals surface area contributed by atoms with Crippen molar-refractivity contribution in [1.29, 1.82) is 0 Å². The van der Waals surface area contributed by atoms with Gasteiger partial charge in [0, 0.05) is 32.2 Å². The molecule has 0 aliphatic carbocycles. The zero-order valence-electron chi connectivity index (χ0n) is 13.7. The molecule has 1 saturated heterocycles. The highest BCUT2D eigenvalue weighted by Gasteiger charge is 2.28. The molecule has 2 amide bonds. The number of carbonyl (C=O) groups excluding carboxylic acids is 2. The first-order chi connectivity index (χ1) is 10.9. The minimum absolute atomic E-state index is 0.0877. The second kappa shape index (κ2) is 7.34. The Balaban J connectivity index is 1.99. The molecule has 1 aliphatic rings. The van der Waals surface area contributed by atoms with Crippen LogP contribution in [-0.4, -0.2) is 58.9 Å². The third-order valence-corrected chi connectivity index (χ3v) is 3.66. The van der Waals surface area contributed by atoms with Crippen molar-refractivity contribution in [2.45, 2.75) is 33.2 Å². The summed E-state index contributed by atoms with van der Waals surface area (Å²) in [6.45, 7) is 7.00. The van der Waals surface area contributed by atoms with E-state index in [0.29, 0.717) is 38.3 Å². The summed E-state index contributed by atoms with van der Waals surface area (Å²) in [5.41, 5.74) is 0.379. The molecule has 0 spiro atoms. The Labute approximate surface area is 134 Å². The van der Waals surface area contributed by atoms with Gasteiger partial charge < -0.3 is 15.1 Å². The molecule has 0 saturated carbocycles. The van der Waals surface area contributed by atoms with E-state index in [1.807, 2.05) is 6.92 Å². The molecular formula is C15H22FN5O2. The molecule has 7 nitrogen and oxygen atoms in total. The molecule has 1 N–H and O–H groups in total. The molecule has 1 aliphatic heterocycles. The number of hydrogen-bond donors (Lipinski definition) is 1. The van der Waals surface area contributed by atoms with E-state index in [0.717, 1.165) is 0 Å². The number of halogens is 1. The molecule has 0 bridgehead atoms. The monoisotopic (exact) mass is 323 g/mol. The van der Waals surface area contributed by atoms with Gasteiger partial charge in [-0.2, -0.15) is 0 Å². The summed E-state index contributed by atoms with van der Waals surface area (Å²) in [5.74, 6) is -1.30. The second-order valence-corrected chi connectivity index (χ2v) is 5.72. The van der Waals surface area contributed by atoms with Gasteiger partial charge in [-0.05, 0) is 20.3 Å². The topological polar surface area (TPSA) is 78.4 Å². The Morgan fingerprint density at radius 1 is 1.26 bits per heavy atom. The van der Waals surface area contributed by atoms with Gasteiger partial charge in [-0.1, -0.05) is 6.92 Å². The lowest BCUT2D eigenvalue weighted by atomic mass is 10.2. The fourth-order valence-corrected chi connectivity index (χ4v) is 2.45. The van der Waals surface area contributed by atoms with E-state index in [2.05, 4.69) is 15.3 Å². The highest BCUT2D eigenvalue weighted by atomic mass is 19.1. The molecule has 8 heteroatoms. The average molecular weight is 323 g/mol. The number of hydrogen-bond acceptors (Lipinski definition) is 5. The standard InChI is InChI=1S/C15H22FN5O2/c1-4-11-12(16)13(18-9-17-11)20-5-7-21(8-6-20)15(23)14(22)19-10(2)3/h9-10H,4-8H2,1-3H3,(H,19,22). The molecule has 1 aromatic heterocycles. The minimum Gasteiger partial charge on any atom is -0.351 e. The van der Waals surface area contributed by atoms with Crippen molar-refractivity contribution < 1.29 is 14.0 Å². The number of nitrogens with zero attached hydrogens (tertiary/aromatic N) is 4. The van der Waals surface area contributed by atoms with E-state index >= 15 is 0 Å². The summed E-state index contributed by atoms with van der Waals surface area (Å²) in [4.78, 5) is 35.0. The van der Waals surface area contributed by atoms with E-state index in [4.69, 9.17) is 0 Å². The van der Waals surface area contributed by atoms with Crippen LogP contribution in [0.1, 0.15) is 26.5 Å². The van der Waals surface area contributed by atoms with Crippen LogP contribution in [0.25, 0.3) is 0 Å². The molecule has 0 unspecified atom stereocenters. The molecule has 0 atom stereocenters. The van der Waals surface area contributed by atoms with Gasteiger partial charge in [-0.25, -0.2) is 14.4 Å². The lowest BCUT2D eigenvalue weighted by Crippen LogP contribution is -2.53. The largest absolute Gasteiger partial charge is 0.351 e. The Morgan fingerprint density at radius 3 is 2.48 bits per heavy atom. The van der Waals surface area contributed by atoms with Gasteiger partial charge in [-0.3, -0.25) is 9.59 Å². The summed E-state index contributed by atoms with van der Waals surface area (Å²) < 4.78 is 14.3. The van der Waals surface area contributed by atoms with Crippen molar-refractivity contribution in [3.05, 3.63) is 17.8 Å². The third-order valence-electron chi connectivity index (χ3n) is 3.66. The highest BCUT2D eigenvalue weighted by molar-refractivity contribution is 6.35. The number of piperazine rings is 1. The maximum absolute atomic E-state index is 14.3. The van der Waals surface area contributed by atoms with Crippen LogP contribution in [0, 0.1) is 5.82 Å². The number of carbonyl (C=O) groups is 2. The van der Waals surface area contributed by atoms with Crippen LogP contribution in [0.3, 0.4) is 0 Å². The number of aromatic nitrogens is 2. The fourth-order valence-electron chi connectivity index (χ4n) is 2.45. The number of anilines is 1. The van der Waals surface area contributed by atoms with Crippen LogP contribution >= 0.6 is 0 Å². The smallest absolute Gasteiger partial charge is 0.312 e. The van der Waals surface area contributed by atoms with Crippen LogP contribution in [0.4, 0.5) is 10.2 Å². The van der Waals surface area contributed by atoms with Crippen molar-refractivity contribution in [3.8, 4) is 0 Å². The fraction of sp³-hybridized carbons (Fsp3) is 0.600. The predicted molar refractivity (Wildman–Crippen MR) is 83.4 cm³/mol. The second-order valence-electron chi connectivity index (χ2n) is 5.72. The molecule has 1 fully saturated rings. The Morgan fingerprint density at radius 2 is 1.91 bits per heavy atom. The van der Waals surface area contributed by atoms with E-state index < -0.39 is 17.6 Å². The Hall–Kier alpha value is -2.25. The van der Waals surface area contributed by atoms with Crippen LogP contribution in [-0.2, 0) is 16.0 Å². The summed E-state index contributed by atoms with van der Waals surface area (Å²) in [6, 6.07) is -0.0877. The SMILES string of the molecule is CCc1ncnc(N2CCN(C(=O)C(=O)NC(C)C)CC2)c1F. The summed E-state index contributed by atoms with van der Waals surface area (Å²) in [5, 5.41) is 2.58. The van der Waals surface area contributed by atoms with Gasteiger partial charge in [0.15, 0.2) is 11.6 Å². The van der Waals surface area contributed by atoms with Crippen LogP contribution in [0.5, 0.6) is 0 Å². The van der Waals surface area contributed by atoms with E-state index in [9.17, 15) is 14.0 Å². The quantitative estimate of drug-likeness (QED) is 0.812. The molecule has 2 rings (SSSR count). The average Bonchev–Trinajstić information content (AvgIpc) is 2.54. The summed E-state index contributed by atoms with van der Waals surface area (Å²) >= 11 is 0. The number of rotatable bonds is 3. The molecule has 1 aromatic rings. The van der Waals surface area contributed by atoms with Crippen molar-refractivity contribution >= 4 is 17.6 Å². The van der Waals surface area contributed by atoms with Crippen LogP contribution in [0.15, 0.2) is 6.33 Å². The van der Waals surface area contributed by atoms with Crippen molar-refractivity contribution in [3.63, 3.8) is 0 Å². The van der Waals surface area contributed by atoms with Gasteiger partial charge in [0.2, 0.25) is 0 Å². The number of amides is 2. The van der Waals surface area contributed by atoms with Gasteiger partial charge in [0.05, 0.1) is 5.69 Å². The predicted octanol–water partition coefficient (Wildman–Crippen LogP) is 0.351. The molecule has 2 heterocycles. The highest BCUT2D eigenvalue weighted by Crippen LogP contribution is 2.19. The first-order valence-corrected chi connectivity index (χ1v) is 7.78. The molecule has 0 aromatic carbocycles. The molecule has 126 valence electrons. The summed E-state index contributed by atoms with van der Waals surface area (Å²) in [6.07, 6.45) is 1.85. The zero-order chi connectivity index (χ0) is 17.0. The molecule has 23 heavy (non-hydrogen) atoms. The van der Waals surface area contributed by atoms with E-state index in [1.165, 1.54) is 11.2 Å². The van der Waals surface area contributed by atoms with Gasteiger partial charge in [0.1, 0.15) is 6.33 Å². The first-order valence-electron chi connectivity index (χ1n) is 7.78. The molecule has 0 radical (unpaired) electrons. The van der Waals surface area contributed by atoms with Crippen LogP contribution < -0.4 is 10.2 Å². The third kappa shape index (κ3) is 3.94. The zero-order valence-corrected chi connectivity index (χ0v) is 13.7. The number of nitrogens with one attached hydrogen (secondary N) is 1. The van der Waals surface area contributed by atoms with Crippen molar-refractivity contribution in [2.75, 3.05) is 31.1 Å². The van der Waals surface area contributed by atoms with Crippen molar-refractivity contribution in [2.24, 2.45) is 0 Å². The molecular weight excluding hydrogens is 301 g/mol. The Kier molecular flexibility index (Phi) is 5.46. The maximum Gasteiger partial charge on any atom is 0.312 e. The lowest BCUT2D eigenvalue weighted by Gasteiger charge is -2.35. The Bertz CT molecular complexity index is 585. The summed E-state index contributed by atoms with van der Waals surface area (Å²) in [7, 11) is 0. The van der Waals surface area contributed by atoms with Gasteiger partial charge in [0.25, 0.3) is 0 Å². The van der Waals surface area contributed by atoms with Crippen molar-refractivity contribution in [1.82, 2.24) is 20.2 Å².